The van der Waals surface area contributed by atoms with Gasteiger partial charge in [-0.2, -0.15) is 0 Å². The Morgan fingerprint density at radius 2 is 1.69 bits per heavy atom. The topological polar surface area (TPSA) is 59.6 Å². The lowest BCUT2D eigenvalue weighted by Gasteiger charge is -2.22. The van der Waals surface area contributed by atoms with Crippen LogP contribution in [0.25, 0.3) is 0 Å². The lowest BCUT2D eigenvalue weighted by Crippen LogP contribution is -2.43. The predicted octanol–water partition coefficient (Wildman–Crippen LogP) is 5.00. The van der Waals surface area contributed by atoms with Crippen molar-refractivity contribution in [1.82, 2.24) is 10.6 Å². The van der Waals surface area contributed by atoms with E-state index in [0.717, 1.165) is 6.54 Å². The van der Waals surface area contributed by atoms with E-state index in [2.05, 4.69) is 16.7 Å². The van der Waals surface area contributed by atoms with Crippen molar-refractivity contribution >= 4 is 18.3 Å². The molecule has 0 bridgehead atoms. The fraction of sp³-hybridized carbons (Fsp3) is 0.696. The fourth-order valence-electron chi connectivity index (χ4n) is 3.57. The second-order valence-corrected chi connectivity index (χ2v) is 8.72. The van der Waals surface area contributed by atoms with Crippen LogP contribution in [0.4, 0.5) is 0 Å². The van der Waals surface area contributed by atoms with Gasteiger partial charge in [-0.15, -0.1) is 12.4 Å². The molecule has 0 radical (unpaired) electrons. The molecule has 1 fully saturated rings. The number of halogens is 1. The standard InChI is InChI=1S/C23H38N2O3.ClH/c1-5-27-21-15-18(16-24-19-11-9-7-6-8-10-12-19)13-14-20(21)28-17-22(26)25-23(2,3)4;/h13-15,19,24H,5-12,16-17H2,1-4H3,(H,25,26);1H. The highest BCUT2D eigenvalue weighted by molar-refractivity contribution is 5.85. The summed E-state index contributed by atoms with van der Waals surface area (Å²) in [5.41, 5.74) is 0.910. The first kappa shape index (κ1) is 25.6. The van der Waals surface area contributed by atoms with E-state index >= 15 is 0 Å². The molecule has 166 valence electrons. The molecule has 1 aliphatic carbocycles. The van der Waals surface area contributed by atoms with Crippen molar-refractivity contribution in [2.75, 3.05) is 13.2 Å². The highest BCUT2D eigenvalue weighted by atomic mass is 35.5. The number of rotatable bonds is 8. The van der Waals surface area contributed by atoms with Crippen molar-refractivity contribution < 1.29 is 14.3 Å². The van der Waals surface area contributed by atoms with Crippen molar-refractivity contribution in [2.24, 2.45) is 0 Å². The van der Waals surface area contributed by atoms with Crippen LogP contribution in [0.3, 0.4) is 0 Å². The van der Waals surface area contributed by atoms with Gasteiger partial charge in [0.15, 0.2) is 18.1 Å². The van der Waals surface area contributed by atoms with E-state index in [4.69, 9.17) is 9.47 Å². The first-order valence-electron chi connectivity index (χ1n) is 10.8. The van der Waals surface area contributed by atoms with Gasteiger partial charge < -0.3 is 20.1 Å². The van der Waals surface area contributed by atoms with Crippen molar-refractivity contribution in [3.8, 4) is 11.5 Å². The van der Waals surface area contributed by atoms with Crippen molar-refractivity contribution in [3.63, 3.8) is 0 Å². The van der Waals surface area contributed by atoms with Crippen LogP contribution in [0.15, 0.2) is 18.2 Å². The molecule has 2 N–H and O–H groups in total. The van der Waals surface area contributed by atoms with Gasteiger partial charge in [0.1, 0.15) is 0 Å². The molecule has 0 unspecified atom stereocenters. The molecule has 0 heterocycles. The molecule has 1 aromatic carbocycles. The molecule has 1 amide bonds. The Kier molecular flexibility index (Phi) is 11.4. The van der Waals surface area contributed by atoms with Crippen LogP contribution in [0, 0.1) is 0 Å². The highest BCUT2D eigenvalue weighted by Gasteiger charge is 2.16. The summed E-state index contributed by atoms with van der Waals surface area (Å²) in [7, 11) is 0. The minimum Gasteiger partial charge on any atom is -0.490 e. The summed E-state index contributed by atoms with van der Waals surface area (Å²) < 4.78 is 11.5. The van der Waals surface area contributed by atoms with Gasteiger partial charge in [0.25, 0.3) is 5.91 Å². The first-order chi connectivity index (χ1) is 13.4. The van der Waals surface area contributed by atoms with Crippen molar-refractivity contribution in [1.29, 1.82) is 0 Å². The maximum absolute atomic E-state index is 12.0. The molecule has 2 rings (SSSR count). The molecule has 5 nitrogen and oxygen atoms in total. The van der Waals surface area contributed by atoms with Crippen LogP contribution in [0.5, 0.6) is 11.5 Å². The Labute approximate surface area is 182 Å². The summed E-state index contributed by atoms with van der Waals surface area (Å²) in [4.78, 5) is 12.0. The minimum atomic E-state index is -0.268. The molecule has 1 aliphatic rings. The van der Waals surface area contributed by atoms with Gasteiger partial charge >= 0.3 is 0 Å². The van der Waals surface area contributed by atoms with Crippen LogP contribution < -0.4 is 20.1 Å². The zero-order valence-corrected chi connectivity index (χ0v) is 19.3. The Hall–Kier alpha value is -1.46. The molecule has 1 saturated carbocycles. The van der Waals surface area contributed by atoms with Crippen LogP contribution in [-0.4, -0.2) is 30.7 Å². The van der Waals surface area contributed by atoms with E-state index in [-0.39, 0.29) is 30.5 Å². The van der Waals surface area contributed by atoms with Crippen molar-refractivity contribution in [2.45, 2.75) is 90.8 Å². The predicted molar refractivity (Wildman–Crippen MR) is 121 cm³/mol. The average molecular weight is 427 g/mol. The third kappa shape index (κ3) is 10.2. The lowest BCUT2D eigenvalue weighted by atomic mass is 9.96. The molecule has 29 heavy (non-hydrogen) atoms. The third-order valence-electron chi connectivity index (χ3n) is 4.88. The minimum absolute atomic E-state index is 0. The van der Waals surface area contributed by atoms with Gasteiger partial charge in [-0.3, -0.25) is 4.79 Å². The Morgan fingerprint density at radius 3 is 2.31 bits per heavy atom. The lowest BCUT2D eigenvalue weighted by molar-refractivity contribution is -0.124. The number of carbonyl (C=O) groups is 1. The summed E-state index contributed by atoms with van der Waals surface area (Å²) in [6.07, 6.45) is 9.30. The zero-order valence-electron chi connectivity index (χ0n) is 18.5. The summed E-state index contributed by atoms with van der Waals surface area (Å²) >= 11 is 0. The second-order valence-electron chi connectivity index (χ2n) is 8.72. The molecular formula is C23H39ClN2O3. The van der Waals surface area contributed by atoms with E-state index in [9.17, 15) is 4.79 Å². The van der Waals surface area contributed by atoms with Gasteiger partial charge in [-0.1, -0.05) is 38.2 Å². The molecular weight excluding hydrogens is 388 g/mol. The van der Waals surface area contributed by atoms with Crippen molar-refractivity contribution in [3.05, 3.63) is 23.8 Å². The van der Waals surface area contributed by atoms with Gasteiger partial charge in [0, 0.05) is 18.1 Å². The number of nitrogens with one attached hydrogen (secondary N) is 2. The van der Waals surface area contributed by atoms with Gasteiger partial charge in [-0.25, -0.2) is 0 Å². The molecule has 1 aromatic rings. The normalized spacial score (nSPS) is 15.6. The average Bonchev–Trinajstić information content (AvgIpc) is 2.59. The zero-order chi connectivity index (χ0) is 20.4. The highest BCUT2D eigenvalue weighted by Crippen LogP contribution is 2.29. The number of benzene rings is 1. The van der Waals surface area contributed by atoms with Crippen LogP contribution in [-0.2, 0) is 11.3 Å². The van der Waals surface area contributed by atoms with Gasteiger partial charge in [-0.05, 0) is 58.2 Å². The molecule has 0 aliphatic heterocycles. The van der Waals surface area contributed by atoms with Crippen LogP contribution >= 0.6 is 12.4 Å². The monoisotopic (exact) mass is 426 g/mol. The fourth-order valence-corrected chi connectivity index (χ4v) is 3.57. The van der Waals surface area contributed by atoms with E-state index < -0.39 is 0 Å². The summed E-state index contributed by atoms with van der Waals surface area (Å²) in [6.45, 7) is 9.18. The van der Waals surface area contributed by atoms with Crippen LogP contribution in [0.1, 0.15) is 78.2 Å². The molecule has 0 saturated heterocycles. The molecule has 0 spiro atoms. The molecule has 0 atom stereocenters. The maximum atomic E-state index is 12.0. The van der Waals surface area contributed by atoms with E-state index in [1.54, 1.807) is 0 Å². The van der Waals surface area contributed by atoms with E-state index in [1.807, 2.05) is 39.8 Å². The summed E-state index contributed by atoms with van der Waals surface area (Å²) in [5.74, 6) is 1.17. The largest absolute Gasteiger partial charge is 0.490 e. The SMILES string of the molecule is CCOc1cc(CNC2CCCCCCC2)ccc1OCC(=O)NC(C)(C)C.Cl. The number of carbonyl (C=O) groups excluding carboxylic acids is 1. The van der Waals surface area contributed by atoms with Gasteiger partial charge in [0.05, 0.1) is 6.61 Å². The number of hydrogen-bond acceptors (Lipinski definition) is 4. The Bertz CT molecular complexity index is 609. The number of hydrogen-bond donors (Lipinski definition) is 2. The molecule has 0 aromatic heterocycles. The molecule has 6 heteroatoms. The van der Waals surface area contributed by atoms with E-state index in [1.165, 1.54) is 50.5 Å². The maximum Gasteiger partial charge on any atom is 0.258 e. The Balaban J connectivity index is 0.00000420. The number of amides is 1. The summed E-state index contributed by atoms with van der Waals surface area (Å²) in [5, 5.41) is 6.61. The smallest absolute Gasteiger partial charge is 0.258 e. The second kappa shape index (κ2) is 13.0. The van der Waals surface area contributed by atoms with E-state index in [0.29, 0.717) is 24.1 Å². The number of ether oxygens (including phenoxy) is 2. The Morgan fingerprint density at radius 1 is 1.03 bits per heavy atom. The third-order valence-corrected chi connectivity index (χ3v) is 4.88. The quantitative estimate of drug-likeness (QED) is 0.613. The summed E-state index contributed by atoms with van der Waals surface area (Å²) in [6, 6.07) is 6.59. The first-order valence-corrected chi connectivity index (χ1v) is 10.8. The van der Waals surface area contributed by atoms with Gasteiger partial charge in [0.2, 0.25) is 0 Å². The van der Waals surface area contributed by atoms with Crippen LogP contribution in [0.2, 0.25) is 0 Å².